The zero-order valence-corrected chi connectivity index (χ0v) is 19.5. The fraction of sp³-hybridized carbons (Fsp3) is 0.542. The van der Waals surface area contributed by atoms with Gasteiger partial charge in [-0.05, 0) is 74.3 Å². The van der Waals surface area contributed by atoms with Crippen LogP contribution in [0.4, 0.5) is 0 Å². The zero-order valence-electron chi connectivity index (χ0n) is 17.5. The molecule has 1 aromatic rings. The second-order valence-electron chi connectivity index (χ2n) is 7.68. The first-order valence-electron chi connectivity index (χ1n) is 10.1. The second-order valence-corrected chi connectivity index (χ2v) is 7.68. The molecule has 3 nitrogen and oxygen atoms in total. The van der Waals surface area contributed by atoms with Crippen LogP contribution in [0.3, 0.4) is 0 Å². The molecule has 1 saturated carbocycles. The second kappa shape index (κ2) is 13.1. The summed E-state index contributed by atoms with van der Waals surface area (Å²) in [6, 6.07) is 5.90. The van der Waals surface area contributed by atoms with Gasteiger partial charge in [-0.15, -0.1) is 11.8 Å². The van der Waals surface area contributed by atoms with Crippen LogP contribution in [0.25, 0.3) is 0 Å². The van der Waals surface area contributed by atoms with Crippen LogP contribution in [0, 0.1) is 23.7 Å². The van der Waals surface area contributed by atoms with Gasteiger partial charge < -0.3 is 15.0 Å². The number of hydrogen-bond donors (Lipinski definition) is 1. The van der Waals surface area contributed by atoms with E-state index in [-0.39, 0.29) is 36.0 Å². The predicted octanol–water partition coefficient (Wildman–Crippen LogP) is 1.35. The van der Waals surface area contributed by atoms with E-state index >= 15 is 0 Å². The van der Waals surface area contributed by atoms with Gasteiger partial charge in [-0.3, -0.25) is 0 Å². The van der Waals surface area contributed by atoms with Gasteiger partial charge in [0.25, 0.3) is 0 Å². The predicted molar refractivity (Wildman–Crippen MR) is 107 cm³/mol. The van der Waals surface area contributed by atoms with Crippen LogP contribution >= 0.6 is 0 Å². The van der Waals surface area contributed by atoms with Crippen LogP contribution < -0.4 is 34.7 Å². The SMILES string of the molecule is CC#CCC(C)C/C=C/C1CCC[C@@H]1c1cccc(CCCC(=O)[O-])c1O.[Na+]. The number of phenols is 1. The quantitative estimate of drug-likeness (QED) is 0.393. The van der Waals surface area contributed by atoms with Gasteiger partial charge in [-0.25, -0.2) is 0 Å². The average molecular weight is 390 g/mol. The summed E-state index contributed by atoms with van der Waals surface area (Å²) in [6.45, 7) is 4.10. The van der Waals surface area contributed by atoms with Crippen molar-refractivity contribution < 1.29 is 44.6 Å². The van der Waals surface area contributed by atoms with E-state index in [2.05, 4.69) is 30.9 Å². The fourth-order valence-electron chi connectivity index (χ4n) is 3.99. The molecule has 146 valence electrons. The molecule has 1 fully saturated rings. The van der Waals surface area contributed by atoms with E-state index in [1.165, 1.54) is 6.42 Å². The van der Waals surface area contributed by atoms with Crippen LogP contribution in [-0.4, -0.2) is 11.1 Å². The summed E-state index contributed by atoms with van der Waals surface area (Å²) in [7, 11) is 0. The summed E-state index contributed by atoms with van der Waals surface area (Å²) < 4.78 is 0. The van der Waals surface area contributed by atoms with E-state index in [1.807, 2.05) is 25.1 Å². The topological polar surface area (TPSA) is 60.4 Å². The van der Waals surface area contributed by atoms with Crippen LogP contribution in [-0.2, 0) is 11.2 Å². The molecule has 3 atom stereocenters. The summed E-state index contributed by atoms with van der Waals surface area (Å²) in [4.78, 5) is 10.6. The van der Waals surface area contributed by atoms with Crippen molar-refractivity contribution in [3.63, 3.8) is 0 Å². The van der Waals surface area contributed by atoms with Crippen molar-refractivity contribution in [2.45, 2.75) is 71.1 Å². The Bertz CT molecular complexity index is 714. The molecule has 0 aliphatic heterocycles. The first-order valence-corrected chi connectivity index (χ1v) is 10.1. The molecule has 1 aliphatic rings. The Hall–Kier alpha value is -1.21. The van der Waals surface area contributed by atoms with Crippen molar-refractivity contribution in [2.24, 2.45) is 11.8 Å². The van der Waals surface area contributed by atoms with E-state index in [9.17, 15) is 15.0 Å². The molecule has 2 rings (SSSR count). The fourth-order valence-corrected chi connectivity index (χ4v) is 3.99. The first kappa shape index (κ1) is 24.8. The summed E-state index contributed by atoms with van der Waals surface area (Å²) in [5, 5.41) is 21.4. The van der Waals surface area contributed by atoms with Crippen LogP contribution in [0.5, 0.6) is 5.75 Å². The van der Waals surface area contributed by atoms with Crippen LogP contribution in [0.1, 0.15) is 75.8 Å². The van der Waals surface area contributed by atoms with Crippen molar-refractivity contribution in [3.8, 4) is 17.6 Å². The molecule has 0 radical (unpaired) electrons. The van der Waals surface area contributed by atoms with Gasteiger partial charge in [0, 0.05) is 12.4 Å². The molecule has 0 aromatic heterocycles. The number of carboxylic acid groups (broad SMARTS) is 1. The summed E-state index contributed by atoms with van der Waals surface area (Å²) in [5.41, 5.74) is 1.85. The molecule has 0 spiro atoms. The van der Waals surface area contributed by atoms with E-state index in [4.69, 9.17) is 0 Å². The molecule has 0 saturated heterocycles. The Balaban J connectivity index is 0.00000392. The number of carbonyl (C=O) groups is 1. The molecular weight excluding hydrogens is 359 g/mol. The Morgan fingerprint density at radius 3 is 2.89 bits per heavy atom. The number of carbonyl (C=O) groups excluding carboxylic acids is 1. The Labute approximate surface area is 191 Å². The third kappa shape index (κ3) is 7.66. The number of hydrogen-bond acceptors (Lipinski definition) is 3. The van der Waals surface area contributed by atoms with Crippen molar-refractivity contribution >= 4 is 5.97 Å². The molecule has 4 heteroatoms. The maximum absolute atomic E-state index is 10.7. The number of benzene rings is 1. The molecule has 28 heavy (non-hydrogen) atoms. The Kier molecular flexibility index (Phi) is 11.6. The number of aliphatic carboxylic acids is 1. The van der Waals surface area contributed by atoms with Gasteiger partial charge in [-0.1, -0.05) is 43.7 Å². The van der Waals surface area contributed by atoms with E-state index in [1.54, 1.807) is 0 Å². The van der Waals surface area contributed by atoms with Crippen molar-refractivity contribution in [1.29, 1.82) is 0 Å². The molecule has 0 bridgehead atoms. The van der Waals surface area contributed by atoms with E-state index in [0.717, 1.165) is 36.8 Å². The molecule has 0 heterocycles. The van der Waals surface area contributed by atoms with Gasteiger partial charge in [0.2, 0.25) is 0 Å². The Morgan fingerprint density at radius 1 is 1.39 bits per heavy atom. The number of aryl methyl sites for hydroxylation is 1. The standard InChI is InChI=1S/C24H32O3.Na/c1-3-4-9-18(2)10-5-11-19-12-6-15-21(19)22-16-7-13-20(24(22)27)14-8-17-23(25)26;/h5,7,11,13,16,18-19,21,27H,6,8-10,12,14-15,17H2,1-2H3,(H,25,26);/q;+1/p-1/b11-5+;/t18?,19?,21-;/m0./s1. The van der Waals surface area contributed by atoms with Crippen LogP contribution in [0.2, 0.25) is 0 Å². The maximum Gasteiger partial charge on any atom is 1.00 e. The molecule has 1 aromatic carbocycles. The molecule has 1 aliphatic carbocycles. The van der Waals surface area contributed by atoms with Crippen molar-refractivity contribution in [2.75, 3.05) is 0 Å². The molecule has 1 N–H and O–H groups in total. The third-order valence-electron chi connectivity index (χ3n) is 5.50. The summed E-state index contributed by atoms with van der Waals surface area (Å²) >= 11 is 0. The van der Waals surface area contributed by atoms with Gasteiger partial charge in [-0.2, -0.15) is 0 Å². The first-order chi connectivity index (χ1) is 13.0. The van der Waals surface area contributed by atoms with Gasteiger partial charge in [0.15, 0.2) is 0 Å². The third-order valence-corrected chi connectivity index (χ3v) is 5.50. The Morgan fingerprint density at radius 2 is 2.18 bits per heavy atom. The number of phenolic OH excluding ortho intramolecular Hbond substituents is 1. The normalized spacial score (nSPS) is 19.6. The van der Waals surface area contributed by atoms with Crippen molar-refractivity contribution in [3.05, 3.63) is 41.5 Å². The zero-order chi connectivity index (χ0) is 19.6. The number of aromatic hydroxyl groups is 1. The number of allylic oxidation sites excluding steroid dienone is 2. The minimum Gasteiger partial charge on any atom is -0.550 e. The summed E-state index contributed by atoms with van der Waals surface area (Å²) in [6.07, 6.45) is 11.1. The van der Waals surface area contributed by atoms with E-state index in [0.29, 0.717) is 36.3 Å². The monoisotopic (exact) mass is 390 g/mol. The van der Waals surface area contributed by atoms with Gasteiger partial charge >= 0.3 is 29.6 Å². The van der Waals surface area contributed by atoms with Gasteiger partial charge in [0.1, 0.15) is 5.75 Å². The molecule has 2 unspecified atom stereocenters. The van der Waals surface area contributed by atoms with E-state index < -0.39 is 5.97 Å². The molecular formula is C24H31NaO3. The van der Waals surface area contributed by atoms with Crippen LogP contribution in [0.15, 0.2) is 30.4 Å². The number of rotatable bonds is 9. The smallest absolute Gasteiger partial charge is 0.550 e. The summed E-state index contributed by atoms with van der Waals surface area (Å²) in [5.74, 6) is 6.77. The minimum absolute atomic E-state index is 0. The van der Waals surface area contributed by atoms with Crippen molar-refractivity contribution in [1.82, 2.24) is 0 Å². The average Bonchev–Trinajstić information content (AvgIpc) is 3.09. The number of carboxylic acids is 1. The number of para-hydroxylation sites is 1. The minimum atomic E-state index is -1.04. The maximum atomic E-state index is 10.7. The van der Waals surface area contributed by atoms with Gasteiger partial charge in [0.05, 0.1) is 0 Å². The molecule has 0 amide bonds. The largest absolute Gasteiger partial charge is 1.00 e.